The van der Waals surface area contributed by atoms with E-state index >= 15 is 0 Å². The Morgan fingerprint density at radius 2 is 1.02 bits per heavy atom. The van der Waals surface area contributed by atoms with E-state index in [1.807, 2.05) is 54.9 Å². The number of rotatable bonds is 6. The minimum absolute atomic E-state index is 0.130. The lowest BCUT2D eigenvalue weighted by Gasteiger charge is -2.42. The van der Waals surface area contributed by atoms with E-state index < -0.39 is 0 Å². The van der Waals surface area contributed by atoms with E-state index in [4.69, 9.17) is 19.9 Å². The molecular formula is C49H41N5. The van der Waals surface area contributed by atoms with Crippen molar-refractivity contribution in [2.24, 2.45) is 0 Å². The van der Waals surface area contributed by atoms with Gasteiger partial charge in [0.1, 0.15) is 5.69 Å². The number of hydrogen-bond acceptors (Lipinski definition) is 5. The van der Waals surface area contributed by atoms with Gasteiger partial charge in [-0.15, -0.1) is 0 Å². The largest absolute Gasteiger partial charge is 0.256 e. The van der Waals surface area contributed by atoms with Crippen molar-refractivity contribution in [2.45, 2.75) is 51.4 Å². The average Bonchev–Trinajstić information content (AvgIpc) is 3.22. The van der Waals surface area contributed by atoms with Crippen LogP contribution in [0.25, 0.3) is 78.6 Å². The van der Waals surface area contributed by atoms with Gasteiger partial charge in [-0.1, -0.05) is 149 Å². The molecule has 1 aliphatic rings. The molecule has 0 amide bonds. The van der Waals surface area contributed by atoms with Crippen molar-refractivity contribution in [2.75, 3.05) is 0 Å². The highest BCUT2D eigenvalue weighted by Gasteiger charge is 2.37. The highest BCUT2D eigenvalue weighted by atomic mass is 15.0. The Morgan fingerprint density at radius 3 is 1.78 bits per heavy atom. The first-order chi connectivity index (χ1) is 26.2. The average molecular weight is 700 g/mol. The summed E-state index contributed by atoms with van der Waals surface area (Å²) in [6.45, 7) is 9.54. The van der Waals surface area contributed by atoms with Gasteiger partial charge in [0, 0.05) is 40.0 Å². The maximum Gasteiger partial charge on any atom is 0.182 e. The van der Waals surface area contributed by atoms with Crippen LogP contribution in [-0.4, -0.2) is 24.9 Å². The van der Waals surface area contributed by atoms with Crippen LogP contribution in [0, 0.1) is 0 Å². The molecule has 0 spiro atoms. The summed E-state index contributed by atoms with van der Waals surface area (Å²) in [5, 5.41) is 1.09. The fourth-order valence-corrected chi connectivity index (χ4v) is 7.93. The van der Waals surface area contributed by atoms with Crippen molar-refractivity contribution < 1.29 is 0 Å². The maximum atomic E-state index is 5.05. The number of hydrogen-bond donors (Lipinski definition) is 0. The summed E-state index contributed by atoms with van der Waals surface area (Å²) in [6, 6.07) is 48.7. The van der Waals surface area contributed by atoms with Crippen LogP contribution in [0.3, 0.4) is 0 Å². The molecular weight excluding hydrogens is 659 g/mol. The second-order valence-corrected chi connectivity index (χ2v) is 15.6. The fourth-order valence-electron chi connectivity index (χ4n) is 7.93. The zero-order chi connectivity index (χ0) is 36.9. The van der Waals surface area contributed by atoms with Crippen LogP contribution in [0.1, 0.15) is 51.7 Å². The number of benzene rings is 5. The van der Waals surface area contributed by atoms with Gasteiger partial charge in [-0.2, -0.15) is 0 Å². The predicted octanol–water partition coefficient (Wildman–Crippen LogP) is 12.2. The first kappa shape index (κ1) is 33.5. The number of pyridine rings is 2. The first-order valence-corrected chi connectivity index (χ1v) is 18.7. The Bertz CT molecular complexity index is 2650. The lowest BCUT2D eigenvalue weighted by molar-refractivity contribution is 0.332. The summed E-state index contributed by atoms with van der Waals surface area (Å²) in [6.07, 6.45) is 6.09. The maximum absolute atomic E-state index is 5.05. The zero-order valence-electron chi connectivity index (χ0n) is 31.1. The van der Waals surface area contributed by atoms with Crippen molar-refractivity contribution in [3.8, 4) is 67.7 Å². The summed E-state index contributed by atoms with van der Waals surface area (Å²) in [5.41, 5.74) is 13.4. The minimum Gasteiger partial charge on any atom is -0.256 e. The van der Waals surface area contributed by atoms with Gasteiger partial charge in [0.2, 0.25) is 0 Å². The Kier molecular flexibility index (Phi) is 8.23. The van der Waals surface area contributed by atoms with Gasteiger partial charge in [0.15, 0.2) is 17.5 Å². The normalized spacial score (nSPS) is 14.4. The molecule has 3 heterocycles. The smallest absolute Gasteiger partial charge is 0.182 e. The second-order valence-electron chi connectivity index (χ2n) is 15.6. The molecule has 54 heavy (non-hydrogen) atoms. The fraction of sp³-hybridized carbons (Fsp3) is 0.163. The van der Waals surface area contributed by atoms with E-state index in [0.29, 0.717) is 23.2 Å². The predicted molar refractivity (Wildman–Crippen MR) is 221 cm³/mol. The molecule has 5 aromatic carbocycles. The highest BCUT2D eigenvalue weighted by Crippen LogP contribution is 2.47. The molecule has 0 saturated carbocycles. The number of fused-ring (bicyclic) bond motifs is 2. The molecule has 5 heteroatoms. The van der Waals surface area contributed by atoms with Crippen molar-refractivity contribution in [1.29, 1.82) is 0 Å². The van der Waals surface area contributed by atoms with Gasteiger partial charge in [-0.05, 0) is 75.3 Å². The molecule has 0 radical (unpaired) electrons. The van der Waals surface area contributed by atoms with Crippen LogP contribution < -0.4 is 0 Å². The minimum atomic E-state index is 0.130. The van der Waals surface area contributed by atoms with Crippen molar-refractivity contribution in [1.82, 2.24) is 24.9 Å². The molecule has 5 nitrogen and oxygen atoms in total. The molecule has 0 atom stereocenters. The van der Waals surface area contributed by atoms with Crippen LogP contribution >= 0.6 is 0 Å². The molecule has 8 aromatic rings. The highest BCUT2D eigenvalue weighted by molar-refractivity contribution is 5.93. The van der Waals surface area contributed by atoms with Gasteiger partial charge in [-0.3, -0.25) is 9.97 Å². The van der Waals surface area contributed by atoms with Crippen LogP contribution in [0.5, 0.6) is 0 Å². The molecule has 9 rings (SSSR count). The molecule has 3 aromatic heterocycles. The van der Waals surface area contributed by atoms with Gasteiger partial charge in [0.05, 0.1) is 5.52 Å². The van der Waals surface area contributed by atoms with Crippen LogP contribution in [0.2, 0.25) is 0 Å². The standard InChI is InChI=1S/C49H41N5/c1-48(2)26-27-49(3,4)42-30-35(22-24-41(42)48)39-20-9-8-19-38(39)34-16-10-17-36(29-34)46-52-45(33-13-6-5-7-14-33)53-47(54-46)43-25-23-37(31-51-43)40-21-11-15-32-18-12-28-50-44(32)40/h5-25,28-31H,26-27H2,1-4H3. The lowest BCUT2D eigenvalue weighted by Crippen LogP contribution is -2.33. The van der Waals surface area contributed by atoms with Crippen LogP contribution in [0.15, 0.2) is 152 Å². The molecule has 0 saturated heterocycles. The van der Waals surface area contributed by atoms with E-state index in [1.54, 1.807) is 0 Å². The van der Waals surface area contributed by atoms with E-state index in [1.165, 1.54) is 40.7 Å². The lowest BCUT2D eigenvalue weighted by atomic mass is 9.63. The summed E-state index contributed by atoms with van der Waals surface area (Å²) in [4.78, 5) is 24.6. The SMILES string of the molecule is CC1(C)CCC(C)(C)c2cc(-c3ccccc3-c3cccc(-c4nc(-c5ccccc5)nc(-c5ccc(-c6cccc7cccnc67)cn5)n4)c3)ccc21. The quantitative estimate of drug-likeness (QED) is 0.173. The van der Waals surface area contributed by atoms with E-state index in [0.717, 1.165) is 38.7 Å². The molecule has 1 aliphatic carbocycles. The third kappa shape index (κ3) is 6.16. The van der Waals surface area contributed by atoms with E-state index in [2.05, 4.69) is 130 Å². The number of aromatic nitrogens is 5. The van der Waals surface area contributed by atoms with Gasteiger partial charge < -0.3 is 0 Å². The topological polar surface area (TPSA) is 64.5 Å². The summed E-state index contributed by atoms with van der Waals surface area (Å²) in [7, 11) is 0. The van der Waals surface area contributed by atoms with Gasteiger partial charge in [-0.25, -0.2) is 15.0 Å². The molecule has 0 aliphatic heterocycles. The Hall–Kier alpha value is -6.33. The first-order valence-electron chi connectivity index (χ1n) is 18.7. The molecule has 0 N–H and O–H groups in total. The summed E-state index contributed by atoms with van der Waals surface area (Å²) >= 11 is 0. The van der Waals surface area contributed by atoms with Gasteiger partial charge >= 0.3 is 0 Å². The molecule has 0 fully saturated rings. The van der Waals surface area contributed by atoms with E-state index in [-0.39, 0.29) is 10.8 Å². The van der Waals surface area contributed by atoms with Gasteiger partial charge in [0.25, 0.3) is 0 Å². The monoisotopic (exact) mass is 699 g/mol. The van der Waals surface area contributed by atoms with Crippen molar-refractivity contribution in [3.63, 3.8) is 0 Å². The Labute approximate surface area is 316 Å². The third-order valence-corrected chi connectivity index (χ3v) is 11.1. The Balaban J connectivity index is 1.12. The number of nitrogens with zero attached hydrogens (tertiary/aromatic N) is 5. The van der Waals surface area contributed by atoms with E-state index in [9.17, 15) is 0 Å². The Morgan fingerprint density at radius 1 is 0.426 bits per heavy atom. The molecule has 0 bridgehead atoms. The molecule has 262 valence electrons. The van der Waals surface area contributed by atoms with Crippen LogP contribution in [-0.2, 0) is 10.8 Å². The third-order valence-electron chi connectivity index (χ3n) is 11.1. The molecule has 0 unspecified atom stereocenters. The second kappa shape index (κ2) is 13.3. The summed E-state index contributed by atoms with van der Waals surface area (Å²) < 4.78 is 0. The number of para-hydroxylation sites is 1. The van der Waals surface area contributed by atoms with Crippen LogP contribution in [0.4, 0.5) is 0 Å². The van der Waals surface area contributed by atoms with Crippen molar-refractivity contribution in [3.05, 3.63) is 163 Å². The van der Waals surface area contributed by atoms with Crippen molar-refractivity contribution >= 4 is 10.9 Å². The zero-order valence-corrected chi connectivity index (χ0v) is 31.1. The summed E-state index contributed by atoms with van der Waals surface area (Å²) in [5.74, 6) is 1.72.